The lowest BCUT2D eigenvalue weighted by Gasteiger charge is -2.12. The first-order chi connectivity index (χ1) is 7.63. The maximum atomic E-state index is 3.54. The molecule has 0 fully saturated rings. The topological polar surface area (TPSA) is 12.0 Å². The Morgan fingerprint density at radius 2 is 2.06 bits per heavy atom. The van der Waals surface area contributed by atoms with Gasteiger partial charge in [-0.2, -0.15) is 11.8 Å². The Morgan fingerprint density at radius 3 is 2.75 bits per heavy atom. The number of aryl methyl sites for hydroxylation is 2. The third-order valence-corrected chi connectivity index (χ3v) is 3.67. The van der Waals surface area contributed by atoms with E-state index in [1.165, 1.54) is 22.4 Å². The van der Waals surface area contributed by atoms with Gasteiger partial charge in [0.2, 0.25) is 0 Å². The summed E-state index contributed by atoms with van der Waals surface area (Å²) in [5, 5.41) is 3.54. The van der Waals surface area contributed by atoms with Crippen LogP contribution in [0.4, 0.5) is 0 Å². The second kappa shape index (κ2) is 6.97. The van der Waals surface area contributed by atoms with E-state index >= 15 is 0 Å². The third kappa shape index (κ3) is 4.58. The Balaban J connectivity index is 2.39. The molecule has 0 aliphatic carbocycles. The molecule has 1 nitrogen and oxygen atoms in total. The van der Waals surface area contributed by atoms with Gasteiger partial charge in [-0.25, -0.2) is 0 Å². The quantitative estimate of drug-likeness (QED) is 0.814. The smallest absolute Gasteiger partial charge is 0.0208 e. The van der Waals surface area contributed by atoms with Crippen LogP contribution in [0.1, 0.15) is 23.6 Å². The van der Waals surface area contributed by atoms with Gasteiger partial charge in [0.25, 0.3) is 0 Å². The van der Waals surface area contributed by atoms with Crippen molar-refractivity contribution in [3.05, 3.63) is 34.9 Å². The molecule has 0 bridgehead atoms. The SMILES string of the molecule is CSCC(C)CNCc1cc(C)ccc1C. The molecular weight excluding hydrogens is 214 g/mol. The van der Waals surface area contributed by atoms with Crippen molar-refractivity contribution in [1.82, 2.24) is 5.32 Å². The molecule has 1 atom stereocenters. The first kappa shape index (κ1) is 13.6. The van der Waals surface area contributed by atoms with Crippen LogP contribution >= 0.6 is 11.8 Å². The molecule has 0 heterocycles. The van der Waals surface area contributed by atoms with Crippen LogP contribution in [0.25, 0.3) is 0 Å². The van der Waals surface area contributed by atoms with E-state index in [4.69, 9.17) is 0 Å². The molecule has 1 aromatic carbocycles. The molecule has 0 aromatic heterocycles. The molecule has 1 unspecified atom stereocenters. The summed E-state index contributed by atoms with van der Waals surface area (Å²) in [4.78, 5) is 0. The van der Waals surface area contributed by atoms with Gasteiger partial charge in [-0.15, -0.1) is 0 Å². The monoisotopic (exact) mass is 237 g/mol. The van der Waals surface area contributed by atoms with E-state index in [1.54, 1.807) is 0 Å². The summed E-state index contributed by atoms with van der Waals surface area (Å²) >= 11 is 1.92. The average Bonchev–Trinajstić information content (AvgIpc) is 2.23. The second-order valence-electron chi connectivity index (χ2n) is 4.62. The van der Waals surface area contributed by atoms with Crippen molar-refractivity contribution in [2.24, 2.45) is 5.92 Å². The molecule has 1 rings (SSSR count). The second-order valence-corrected chi connectivity index (χ2v) is 5.53. The number of thioether (sulfide) groups is 1. The van der Waals surface area contributed by atoms with Gasteiger partial charge in [-0.3, -0.25) is 0 Å². The molecule has 0 amide bonds. The molecule has 90 valence electrons. The Kier molecular flexibility index (Phi) is 5.93. The molecule has 0 aliphatic rings. The predicted octanol–water partition coefficient (Wildman–Crippen LogP) is 3.39. The molecule has 0 radical (unpaired) electrons. The van der Waals surface area contributed by atoms with Gasteiger partial charge >= 0.3 is 0 Å². The first-order valence-electron chi connectivity index (χ1n) is 5.89. The molecule has 2 heteroatoms. The normalized spacial score (nSPS) is 12.8. The van der Waals surface area contributed by atoms with E-state index in [2.05, 4.69) is 50.5 Å². The minimum atomic E-state index is 0.750. The van der Waals surface area contributed by atoms with E-state index in [0.717, 1.165) is 19.0 Å². The van der Waals surface area contributed by atoms with Gasteiger partial charge in [-0.05, 0) is 49.4 Å². The van der Waals surface area contributed by atoms with Crippen molar-refractivity contribution >= 4 is 11.8 Å². The van der Waals surface area contributed by atoms with Gasteiger partial charge in [0.15, 0.2) is 0 Å². The summed E-state index contributed by atoms with van der Waals surface area (Å²) in [5.74, 6) is 1.99. The van der Waals surface area contributed by atoms with Crippen LogP contribution in [-0.2, 0) is 6.54 Å². The maximum Gasteiger partial charge on any atom is 0.0208 e. The van der Waals surface area contributed by atoms with Crippen LogP contribution in [0.2, 0.25) is 0 Å². The molecular formula is C14H23NS. The van der Waals surface area contributed by atoms with Crippen LogP contribution in [-0.4, -0.2) is 18.6 Å². The number of benzene rings is 1. The van der Waals surface area contributed by atoms with E-state index in [-0.39, 0.29) is 0 Å². The molecule has 0 saturated carbocycles. The van der Waals surface area contributed by atoms with Crippen LogP contribution in [0.15, 0.2) is 18.2 Å². The zero-order valence-corrected chi connectivity index (χ0v) is 11.7. The zero-order valence-electron chi connectivity index (χ0n) is 10.8. The van der Waals surface area contributed by atoms with Crippen molar-refractivity contribution in [3.8, 4) is 0 Å². The summed E-state index contributed by atoms with van der Waals surface area (Å²) in [6.45, 7) is 8.73. The highest BCUT2D eigenvalue weighted by molar-refractivity contribution is 7.98. The van der Waals surface area contributed by atoms with Crippen LogP contribution in [0.5, 0.6) is 0 Å². The molecule has 1 N–H and O–H groups in total. The predicted molar refractivity (Wildman–Crippen MR) is 75.2 cm³/mol. The van der Waals surface area contributed by atoms with Crippen molar-refractivity contribution in [1.29, 1.82) is 0 Å². The highest BCUT2D eigenvalue weighted by atomic mass is 32.2. The molecule has 0 saturated heterocycles. The zero-order chi connectivity index (χ0) is 12.0. The highest BCUT2D eigenvalue weighted by Crippen LogP contribution is 2.10. The van der Waals surface area contributed by atoms with Gasteiger partial charge in [0, 0.05) is 6.54 Å². The van der Waals surface area contributed by atoms with Gasteiger partial charge in [-0.1, -0.05) is 30.7 Å². The van der Waals surface area contributed by atoms with Gasteiger partial charge < -0.3 is 5.32 Å². The Labute approximate surface area is 104 Å². The maximum absolute atomic E-state index is 3.54. The van der Waals surface area contributed by atoms with Gasteiger partial charge in [0.1, 0.15) is 0 Å². The van der Waals surface area contributed by atoms with Crippen LogP contribution in [0, 0.1) is 19.8 Å². The Hall–Kier alpha value is -0.470. The van der Waals surface area contributed by atoms with Crippen LogP contribution < -0.4 is 5.32 Å². The largest absolute Gasteiger partial charge is 0.312 e. The molecule has 0 aliphatic heterocycles. The highest BCUT2D eigenvalue weighted by Gasteiger charge is 2.02. The number of nitrogens with one attached hydrogen (secondary N) is 1. The Morgan fingerprint density at radius 1 is 1.31 bits per heavy atom. The van der Waals surface area contributed by atoms with Crippen molar-refractivity contribution in [3.63, 3.8) is 0 Å². The van der Waals surface area contributed by atoms with Crippen molar-refractivity contribution in [2.75, 3.05) is 18.6 Å². The van der Waals surface area contributed by atoms with E-state index < -0.39 is 0 Å². The lowest BCUT2D eigenvalue weighted by atomic mass is 10.1. The molecule has 0 spiro atoms. The standard InChI is InChI=1S/C14H23NS/c1-11-5-6-13(3)14(7-11)9-15-8-12(2)10-16-4/h5-7,12,15H,8-10H2,1-4H3. The fourth-order valence-electron chi connectivity index (χ4n) is 1.79. The lowest BCUT2D eigenvalue weighted by Crippen LogP contribution is -2.22. The fourth-order valence-corrected chi connectivity index (χ4v) is 2.47. The minimum absolute atomic E-state index is 0.750. The van der Waals surface area contributed by atoms with E-state index in [1.807, 2.05) is 11.8 Å². The average molecular weight is 237 g/mol. The number of hydrogen-bond acceptors (Lipinski definition) is 2. The van der Waals surface area contributed by atoms with E-state index in [0.29, 0.717) is 0 Å². The minimum Gasteiger partial charge on any atom is -0.312 e. The summed E-state index contributed by atoms with van der Waals surface area (Å²) in [7, 11) is 0. The summed E-state index contributed by atoms with van der Waals surface area (Å²) in [5.41, 5.74) is 4.16. The summed E-state index contributed by atoms with van der Waals surface area (Å²) < 4.78 is 0. The van der Waals surface area contributed by atoms with Gasteiger partial charge in [0.05, 0.1) is 0 Å². The molecule has 1 aromatic rings. The third-order valence-electron chi connectivity index (χ3n) is 2.76. The fraction of sp³-hybridized carbons (Fsp3) is 0.571. The van der Waals surface area contributed by atoms with Crippen molar-refractivity contribution in [2.45, 2.75) is 27.3 Å². The first-order valence-corrected chi connectivity index (χ1v) is 7.28. The Bertz CT molecular complexity index is 323. The van der Waals surface area contributed by atoms with E-state index in [9.17, 15) is 0 Å². The molecule has 16 heavy (non-hydrogen) atoms. The number of hydrogen-bond donors (Lipinski definition) is 1. The van der Waals surface area contributed by atoms with Crippen LogP contribution in [0.3, 0.4) is 0 Å². The lowest BCUT2D eigenvalue weighted by molar-refractivity contribution is 0.558. The van der Waals surface area contributed by atoms with Crippen molar-refractivity contribution < 1.29 is 0 Å². The summed E-state index contributed by atoms with van der Waals surface area (Å²) in [6.07, 6.45) is 2.17. The summed E-state index contributed by atoms with van der Waals surface area (Å²) in [6, 6.07) is 6.66. The number of rotatable bonds is 6.